The zero-order valence-electron chi connectivity index (χ0n) is 21.5. The summed E-state index contributed by atoms with van der Waals surface area (Å²) in [6, 6.07) is 14.4. The number of hydrogen-bond acceptors (Lipinski definition) is 7. The number of ether oxygens (including phenoxy) is 2. The van der Waals surface area contributed by atoms with Gasteiger partial charge in [-0.2, -0.15) is 0 Å². The number of amides is 1. The quantitative estimate of drug-likeness (QED) is 0.359. The second kappa shape index (κ2) is 14.9. The molecule has 38 heavy (non-hydrogen) atoms. The number of anilines is 1. The van der Waals surface area contributed by atoms with Crippen molar-refractivity contribution in [2.45, 2.75) is 30.6 Å². The molecule has 2 aliphatic rings. The average molecular weight is 543 g/mol. The van der Waals surface area contributed by atoms with Crippen molar-refractivity contribution in [3.05, 3.63) is 60.2 Å². The maximum atomic E-state index is 12.6. The van der Waals surface area contributed by atoms with E-state index in [0.29, 0.717) is 25.2 Å². The van der Waals surface area contributed by atoms with E-state index in [1.165, 1.54) is 16.9 Å². The summed E-state index contributed by atoms with van der Waals surface area (Å²) in [4.78, 5) is 37.3. The Hall–Kier alpha value is -3.66. The molecule has 1 saturated heterocycles. The molecule has 0 unspecified atom stereocenters. The van der Waals surface area contributed by atoms with Crippen molar-refractivity contribution in [3.63, 3.8) is 0 Å². The molecule has 2 N–H and O–H groups in total. The van der Waals surface area contributed by atoms with Gasteiger partial charge in [-0.15, -0.1) is 11.8 Å². The van der Waals surface area contributed by atoms with Crippen LogP contribution in [0, 0.1) is 0 Å². The number of rotatable bonds is 9. The molecule has 0 radical (unpaired) electrons. The first-order chi connectivity index (χ1) is 18.4. The number of fused-ring (bicyclic) bond motifs is 1. The van der Waals surface area contributed by atoms with Crippen molar-refractivity contribution in [2.24, 2.45) is 0 Å². The minimum absolute atomic E-state index is 0.225. The highest BCUT2D eigenvalue weighted by molar-refractivity contribution is 7.99. The molecule has 2 aliphatic heterocycles. The maximum absolute atomic E-state index is 12.6. The molecule has 204 valence electrons. The molecule has 2 aromatic carbocycles. The Morgan fingerprint density at radius 1 is 0.947 bits per heavy atom. The largest absolute Gasteiger partial charge is 0.495 e. The normalized spacial score (nSPS) is 14.8. The number of aryl methyl sites for hydroxylation is 1. The molecule has 0 saturated carbocycles. The number of carboxylic acids is 2. The lowest BCUT2D eigenvalue weighted by Crippen LogP contribution is -2.48. The molecule has 4 rings (SSSR count). The van der Waals surface area contributed by atoms with Crippen LogP contribution >= 0.6 is 11.8 Å². The molecule has 10 heteroatoms. The smallest absolute Gasteiger partial charge is 0.328 e. The van der Waals surface area contributed by atoms with Crippen molar-refractivity contribution in [1.29, 1.82) is 0 Å². The number of methoxy groups -OCH3 is 1. The number of para-hydroxylation sites is 2. The Balaban J connectivity index is 0.000000436. The zero-order chi connectivity index (χ0) is 27.3. The van der Waals surface area contributed by atoms with Crippen molar-refractivity contribution in [2.75, 3.05) is 50.5 Å². The van der Waals surface area contributed by atoms with Gasteiger partial charge in [-0.3, -0.25) is 4.79 Å². The fourth-order valence-corrected chi connectivity index (χ4v) is 5.38. The number of carboxylic acid groups (broad SMARTS) is 2. The molecule has 1 fully saturated rings. The van der Waals surface area contributed by atoms with Gasteiger partial charge in [0.05, 0.1) is 24.3 Å². The number of carbonyl (C=O) groups is 3. The standard InChI is InChI=1S/C24H30N2O3S.C4H4O4/c1-28-21-10-3-2-9-20(21)25-13-15-26(16-14-25)23(27)12-5-17-29-22-11-4-7-19-8-6-18-30-24(19)22;5-3(6)1-2-4(7)8/h2-4,7,9-11H,5-6,8,12-18H2,1H3;1-2H,(H,5,6)(H,7,8)/b;2-1+. The molecule has 0 atom stereocenters. The topological polar surface area (TPSA) is 117 Å². The summed E-state index contributed by atoms with van der Waals surface area (Å²) in [5, 5.41) is 15.6. The van der Waals surface area contributed by atoms with Gasteiger partial charge < -0.3 is 29.5 Å². The summed E-state index contributed by atoms with van der Waals surface area (Å²) in [7, 11) is 1.70. The lowest BCUT2D eigenvalue weighted by Gasteiger charge is -2.36. The van der Waals surface area contributed by atoms with E-state index in [9.17, 15) is 14.4 Å². The molecule has 0 aliphatic carbocycles. The first-order valence-corrected chi connectivity index (χ1v) is 13.5. The molecule has 2 aromatic rings. The van der Waals surface area contributed by atoms with E-state index in [0.717, 1.165) is 62.0 Å². The van der Waals surface area contributed by atoms with E-state index in [1.807, 2.05) is 34.9 Å². The van der Waals surface area contributed by atoms with Crippen LogP contribution in [0.15, 0.2) is 59.5 Å². The van der Waals surface area contributed by atoms with Crippen molar-refractivity contribution in [1.82, 2.24) is 4.90 Å². The van der Waals surface area contributed by atoms with Gasteiger partial charge >= 0.3 is 11.9 Å². The minimum atomic E-state index is -1.26. The minimum Gasteiger partial charge on any atom is -0.495 e. The summed E-state index contributed by atoms with van der Waals surface area (Å²) in [5.74, 6) is 0.737. The third-order valence-corrected chi connectivity index (χ3v) is 7.36. The molecule has 9 nitrogen and oxygen atoms in total. The molecule has 1 amide bonds. The van der Waals surface area contributed by atoms with Gasteiger partial charge in [-0.05, 0) is 48.8 Å². The van der Waals surface area contributed by atoms with Crippen LogP contribution in [0.2, 0.25) is 0 Å². The number of benzene rings is 2. The highest BCUT2D eigenvalue weighted by atomic mass is 32.2. The zero-order valence-corrected chi connectivity index (χ0v) is 22.3. The molecule has 0 aromatic heterocycles. The van der Waals surface area contributed by atoms with Crippen molar-refractivity contribution < 1.29 is 34.1 Å². The number of piperazine rings is 1. The van der Waals surface area contributed by atoms with E-state index in [-0.39, 0.29) is 5.91 Å². The third kappa shape index (κ3) is 8.72. The van der Waals surface area contributed by atoms with E-state index in [1.54, 1.807) is 7.11 Å². The summed E-state index contributed by atoms with van der Waals surface area (Å²) in [6.07, 6.45) is 4.78. The maximum Gasteiger partial charge on any atom is 0.328 e. The van der Waals surface area contributed by atoms with Gasteiger partial charge in [0.2, 0.25) is 5.91 Å². The monoisotopic (exact) mass is 542 g/mol. The SMILES string of the molecule is COc1ccccc1N1CCN(C(=O)CCCOc2cccc3c2SCCC3)CC1.O=C(O)/C=C/C(=O)O. The Morgan fingerprint density at radius 3 is 2.32 bits per heavy atom. The Labute approximate surface area is 227 Å². The van der Waals surface area contributed by atoms with Gasteiger partial charge in [0, 0.05) is 44.8 Å². The summed E-state index contributed by atoms with van der Waals surface area (Å²) in [5.41, 5.74) is 2.50. The van der Waals surface area contributed by atoms with Gasteiger partial charge in [0.15, 0.2) is 0 Å². The Bertz CT molecular complexity index is 1110. The Morgan fingerprint density at radius 2 is 1.63 bits per heavy atom. The van der Waals surface area contributed by atoms with E-state index in [4.69, 9.17) is 19.7 Å². The fraction of sp³-hybridized carbons (Fsp3) is 0.393. The molecule has 0 bridgehead atoms. The van der Waals surface area contributed by atoms with Crippen LogP contribution in [0.1, 0.15) is 24.8 Å². The number of nitrogens with zero attached hydrogens (tertiary/aromatic N) is 2. The third-order valence-electron chi connectivity index (χ3n) is 6.12. The van der Waals surface area contributed by atoms with Gasteiger partial charge in [0.1, 0.15) is 11.5 Å². The summed E-state index contributed by atoms with van der Waals surface area (Å²) >= 11 is 1.89. The predicted octanol–water partition coefficient (Wildman–Crippen LogP) is 3.95. The lowest BCUT2D eigenvalue weighted by molar-refractivity contribution is -0.134. The fourth-order valence-electron chi connectivity index (χ4n) is 4.27. The second-order valence-electron chi connectivity index (χ2n) is 8.70. The van der Waals surface area contributed by atoms with Crippen LogP contribution in [0.5, 0.6) is 11.5 Å². The van der Waals surface area contributed by atoms with Gasteiger partial charge in [-0.1, -0.05) is 24.3 Å². The van der Waals surface area contributed by atoms with Crippen LogP contribution in [0.25, 0.3) is 0 Å². The number of carbonyl (C=O) groups excluding carboxylic acids is 1. The van der Waals surface area contributed by atoms with E-state index >= 15 is 0 Å². The molecular formula is C28H34N2O7S. The van der Waals surface area contributed by atoms with Crippen LogP contribution < -0.4 is 14.4 Å². The number of hydrogen-bond donors (Lipinski definition) is 2. The van der Waals surface area contributed by atoms with E-state index in [2.05, 4.69) is 29.2 Å². The first-order valence-electron chi connectivity index (χ1n) is 12.6. The van der Waals surface area contributed by atoms with Crippen molar-refractivity contribution in [3.8, 4) is 11.5 Å². The predicted molar refractivity (Wildman–Crippen MR) is 146 cm³/mol. The summed E-state index contributed by atoms with van der Waals surface area (Å²) in [6.45, 7) is 3.75. The average Bonchev–Trinajstić information content (AvgIpc) is 2.94. The summed E-state index contributed by atoms with van der Waals surface area (Å²) < 4.78 is 11.5. The van der Waals surface area contributed by atoms with Crippen LogP contribution in [-0.2, 0) is 20.8 Å². The van der Waals surface area contributed by atoms with Crippen LogP contribution in [0.3, 0.4) is 0 Å². The van der Waals surface area contributed by atoms with Gasteiger partial charge in [0.25, 0.3) is 0 Å². The van der Waals surface area contributed by atoms with Gasteiger partial charge in [-0.25, -0.2) is 9.59 Å². The van der Waals surface area contributed by atoms with Crippen molar-refractivity contribution >= 4 is 35.3 Å². The molecular weight excluding hydrogens is 508 g/mol. The number of aliphatic carboxylic acids is 2. The second-order valence-corrected chi connectivity index (χ2v) is 9.80. The Kier molecular flexibility index (Phi) is 11.4. The van der Waals surface area contributed by atoms with Crippen LogP contribution in [-0.4, -0.2) is 78.6 Å². The van der Waals surface area contributed by atoms with Crippen LogP contribution in [0.4, 0.5) is 5.69 Å². The highest BCUT2D eigenvalue weighted by Gasteiger charge is 2.22. The molecule has 2 heterocycles. The first kappa shape index (κ1) is 28.9. The van der Waals surface area contributed by atoms with E-state index < -0.39 is 11.9 Å². The molecule has 0 spiro atoms. The lowest BCUT2D eigenvalue weighted by atomic mass is 10.1. The number of thioether (sulfide) groups is 1. The highest BCUT2D eigenvalue weighted by Crippen LogP contribution is 2.37.